The number of nitrogens with one attached hydrogen (secondary N) is 1. The van der Waals surface area contributed by atoms with Gasteiger partial charge in [-0.25, -0.2) is 4.98 Å². The lowest BCUT2D eigenvalue weighted by Crippen LogP contribution is -2.19. The van der Waals surface area contributed by atoms with Gasteiger partial charge in [-0.3, -0.25) is 4.79 Å². The quantitative estimate of drug-likeness (QED) is 0.655. The summed E-state index contributed by atoms with van der Waals surface area (Å²) in [6.07, 6.45) is 0.784. The van der Waals surface area contributed by atoms with Crippen molar-refractivity contribution in [3.8, 4) is 22.8 Å². The molecule has 0 saturated heterocycles. The number of aliphatic hydroxyl groups excluding tert-OH is 1. The first-order valence-corrected chi connectivity index (χ1v) is 7.83. The van der Waals surface area contributed by atoms with E-state index in [1.165, 1.54) is 23.5 Å². The van der Waals surface area contributed by atoms with Gasteiger partial charge in [-0.1, -0.05) is 13.3 Å². The molecule has 0 radical (unpaired) electrons. The summed E-state index contributed by atoms with van der Waals surface area (Å²) in [7, 11) is 0. The molecule has 1 atom stereocenters. The van der Waals surface area contributed by atoms with Crippen LogP contribution >= 0.6 is 11.3 Å². The third-order valence-corrected chi connectivity index (χ3v) is 3.81. The van der Waals surface area contributed by atoms with Crippen LogP contribution in [0.25, 0.3) is 11.3 Å². The minimum Gasteiger partial charge on any atom is -0.508 e. The first-order chi connectivity index (χ1) is 10.5. The highest BCUT2D eigenvalue weighted by Crippen LogP contribution is 2.33. The fraction of sp³-hybridized carbons (Fsp3) is 0.333. The van der Waals surface area contributed by atoms with Crippen molar-refractivity contribution in [1.29, 1.82) is 0 Å². The predicted octanol–water partition coefficient (Wildman–Crippen LogP) is 2.71. The molecule has 0 spiro atoms. The molecule has 6 nitrogen and oxygen atoms in total. The van der Waals surface area contributed by atoms with Crippen LogP contribution in [0.1, 0.15) is 26.2 Å². The number of anilines is 1. The Morgan fingerprint density at radius 3 is 2.86 bits per heavy atom. The molecule has 7 heteroatoms. The van der Waals surface area contributed by atoms with Gasteiger partial charge in [0.1, 0.15) is 11.5 Å². The van der Waals surface area contributed by atoms with Crippen LogP contribution < -0.4 is 5.32 Å². The molecule has 2 rings (SSSR count). The molecular formula is C15H18N2O4S. The second-order valence-corrected chi connectivity index (χ2v) is 5.79. The number of nitrogens with zero attached hydrogens (tertiary/aromatic N) is 1. The number of aliphatic hydroxyl groups is 1. The normalized spacial score (nSPS) is 12.1. The first kappa shape index (κ1) is 16.3. The van der Waals surface area contributed by atoms with E-state index in [1.807, 2.05) is 6.92 Å². The maximum absolute atomic E-state index is 11.8. The lowest BCUT2D eigenvalue weighted by molar-refractivity contribution is -0.118. The lowest BCUT2D eigenvalue weighted by atomic mass is 10.1. The molecule has 0 aliphatic rings. The monoisotopic (exact) mass is 322 g/mol. The Balaban J connectivity index is 2.04. The number of aromatic nitrogens is 1. The summed E-state index contributed by atoms with van der Waals surface area (Å²) < 4.78 is 0. The van der Waals surface area contributed by atoms with E-state index < -0.39 is 6.10 Å². The van der Waals surface area contributed by atoms with Gasteiger partial charge in [0.05, 0.1) is 18.2 Å². The zero-order valence-electron chi connectivity index (χ0n) is 12.1. The Hall–Kier alpha value is -2.12. The number of amides is 1. The van der Waals surface area contributed by atoms with Crippen molar-refractivity contribution in [3.05, 3.63) is 23.6 Å². The van der Waals surface area contributed by atoms with Crippen molar-refractivity contribution in [2.24, 2.45) is 0 Å². The fourth-order valence-electron chi connectivity index (χ4n) is 2.01. The third kappa shape index (κ3) is 4.19. The van der Waals surface area contributed by atoms with Crippen LogP contribution in [0.4, 0.5) is 5.13 Å². The zero-order chi connectivity index (χ0) is 16.1. The SMILES string of the molecule is CCCC(O)CC(=O)Nc1nc(-c2ccc(O)cc2O)cs1. The van der Waals surface area contributed by atoms with Crippen molar-refractivity contribution in [2.45, 2.75) is 32.3 Å². The zero-order valence-corrected chi connectivity index (χ0v) is 12.9. The van der Waals surface area contributed by atoms with Crippen LogP contribution in [0.5, 0.6) is 11.5 Å². The van der Waals surface area contributed by atoms with E-state index in [0.717, 1.165) is 6.42 Å². The second kappa shape index (κ2) is 7.24. The van der Waals surface area contributed by atoms with Gasteiger partial charge in [-0.05, 0) is 18.6 Å². The number of rotatable bonds is 6. The molecule has 1 unspecified atom stereocenters. The molecule has 1 heterocycles. The van der Waals surface area contributed by atoms with Crippen LogP contribution in [0, 0.1) is 0 Å². The summed E-state index contributed by atoms with van der Waals surface area (Å²) in [5.74, 6) is -0.409. The summed E-state index contributed by atoms with van der Waals surface area (Å²) in [5, 5.41) is 33.4. The van der Waals surface area contributed by atoms with Gasteiger partial charge in [-0.2, -0.15) is 0 Å². The highest BCUT2D eigenvalue weighted by Gasteiger charge is 2.13. The van der Waals surface area contributed by atoms with Crippen molar-refractivity contribution in [2.75, 3.05) is 5.32 Å². The number of phenols is 2. The van der Waals surface area contributed by atoms with Gasteiger partial charge in [0.25, 0.3) is 0 Å². The fourth-order valence-corrected chi connectivity index (χ4v) is 2.74. The Morgan fingerprint density at radius 2 is 2.18 bits per heavy atom. The van der Waals surface area contributed by atoms with E-state index in [9.17, 15) is 20.1 Å². The summed E-state index contributed by atoms with van der Waals surface area (Å²) >= 11 is 1.23. The topological polar surface area (TPSA) is 103 Å². The van der Waals surface area contributed by atoms with Gasteiger partial charge in [0.2, 0.25) is 5.91 Å². The largest absolute Gasteiger partial charge is 0.508 e. The number of thiazole rings is 1. The summed E-state index contributed by atoms with van der Waals surface area (Å²) in [5.41, 5.74) is 0.979. The average molecular weight is 322 g/mol. The second-order valence-electron chi connectivity index (χ2n) is 4.93. The Bertz CT molecular complexity index is 657. The average Bonchev–Trinajstić information content (AvgIpc) is 2.86. The number of hydrogen-bond donors (Lipinski definition) is 4. The van der Waals surface area contributed by atoms with Crippen LogP contribution in [-0.2, 0) is 4.79 Å². The Morgan fingerprint density at radius 1 is 1.41 bits per heavy atom. The van der Waals surface area contributed by atoms with E-state index in [0.29, 0.717) is 22.8 Å². The summed E-state index contributed by atoms with van der Waals surface area (Å²) in [6.45, 7) is 1.94. The summed E-state index contributed by atoms with van der Waals surface area (Å²) in [6, 6.07) is 4.23. The highest BCUT2D eigenvalue weighted by atomic mass is 32.1. The number of aromatic hydroxyl groups is 2. The van der Waals surface area contributed by atoms with Crippen molar-refractivity contribution in [3.63, 3.8) is 0 Å². The molecule has 2 aromatic rings. The number of carbonyl (C=O) groups is 1. The maximum atomic E-state index is 11.8. The standard InChI is InChI=1S/C15H18N2O4S/c1-2-3-9(18)7-14(21)17-15-16-12(8-22-15)11-5-4-10(19)6-13(11)20/h4-6,8-9,18-20H,2-3,7H2,1H3,(H,16,17,21). The molecule has 0 saturated carbocycles. The molecule has 22 heavy (non-hydrogen) atoms. The van der Waals surface area contributed by atoms with Gasteiger partial charge >= 0.3 is 0 Å². The van der Waals surface area contributed by atoms with E-state index >= 15 is 0 Å². The van der Waals surface area contributed by atoms with Crippen molar-refractivity contribution >= 4 is 22.4 Å². The van der Waals surface area contributed by atoms with E-state index in [-0.39, 0.29) is 23.8 Å². The minimum absolute atomic E-state index is 0.0325. The molecule has 0 bridgehead atoms. The molecule has 0 fully saturated rings. The maximum Gasteiger partial charge on any atom is 0.228 e. The van der Waals surface area contributed by atoms with Crippen LogP contribution in [-0.4, -0.2) is 32.3 Å². The van der Waals surface area contributed by atoms with E-state index in [1.54, 1.807) is 11.4 Å². The van der Waals surface area contributed by atoms with Gasteiger partial charge < -0.3 is 20.6 Å². The summed E-state index contributed by atoms with van der Waals surface area (Å²) in [4.78, 5) is 16.0. The molecular weight excluding hydrogens is 304 g/mol. The molecule has 118 valence electrons. The van der Waals surface area contributed by atoms with Crippen LogP contribution in [0.15, 0.2) is 23.6 Å². The predicted molar refractivity (Wildman–Crippen MR) is 85.0 cm³/mol. The first-order valence-electron chi connectivity index (χ1n) is 6.95. The van der Waals surface area contributed by atoms with E-state index in [4.69, 9.17) is 0 Å². The molecule has 1 aromatic carbocycles. The molecule has 1 aromatic heterocycles. The highest BCUT2D eigenvalue weighted by molar-refractivity contribution is 7.14. The van der Waals surface area contributed by atoms with Gasteiger partial charge in [0.15, 0.2) is 5.13 Å². The minimum atomic E-state index is -0.648. The number of carbonyl (C=O) groups excluding carboxylic acids is 1. The van der Waals surface area contributed by atoms with E-state index in [2.05, 4.69) is 10.3 Å². The number of hydrogen-bond acceptors (Lipinski definition) is 6. The molecule has 1 amide bonds. The van der Waals surface area contributed by atoms with Gasteiger partial charge in [-0.15, -0.1) is 11.3 Å². The molecule has 0 aliphatic carbocycles. The van der Waals surface area contributed by atoms with Gasteiger partial charge in [0, 0.05) is 17.0 Å². The Kier molecular flexibility index (Phi) is 5.35. The van der Waals surface area contributed by atoms with Crippen molar-refractivity contribution < 1.29 is 20.1 Å². The Labute approximate surface area is 132 Å². The molecule has 4 N–H and O–H groups in total. The van der Waals surface area contributed by atoms with Crippen molar-refractivity contribution in [1.82, 2.24) is 4.98 Å². The number of benzene rings is 1. The van der Waals surface area contributed by atoms with Crippen LogP contribution in [0.3, 0.4) is 0 Å². The number of phenolic OH excluding ortho intramolecular Hbond substituents is 2. The lowest BCUT2D eigenvalue weighted by Gasteiger charge is -2.07. The molecule has 0 aliphatic heterocycles. The third-order valence-electron chi connectivity index (χ3n) is 3.05. The smallest absolute Gasteiger partial charge is 0.228 e. The van der Waals surface area contributed by atoms with Crippen LogP contribution in [0.2, 0.25) is 0 Å².